The van der Waals surface area contributed by atoms with Crippen LogP contribution in [-0.4, -0.2) is 5.78 Å². The molecule has 0 bridgehead atoms. The zero-order valence-corrected chi connectivity index (χ0v) is 10.1. The molecule has 0 heterocycles. The largest absolute Gasteiger partial charge is 0.299 e. The molecule has 0 saturated heterocycles. The second kappa shape index (κ2) is 4.82. The Morgan fingerprint density at radius 2 is 1.88 bits per heavy atom. The molecule has 1 aliphatic carbocycles. The fourth-order valence-corrected chi connectivity index (χ4v) is 2.98. The van der Waals surface area contributed by atoms with Crippen LogP contribution in [0.5, 0.6) is 0 Å². The zero-order valence-electron chi connectivity index (χ0n) is 10.1. The van der Waals surface area contributed by atoms with E-state index < -0.39 is 0 Å². The van der Waals surface area contributed by atoms with Gasteiger partial charge < -0.3 is 0 Å². The molecule has 86 valence electrons. The van der Waals surface area contributed by atoms with Gasteiger partial charge in [0.25, 0.3) is 0 Å². The van der Waals surface area contributed by atoms with Crippen LogP contribution in [0, 0.1) is 11.8 Å². The molecule has 0 spiro atoms. The minimum atomic E-state index is 0.266. The summed E-state index contributed by atoms with van der Waals surface area (Å²) in [4.78, 5) is 11.9. The monoisotopic (exact) mass is 216 g/mol. The van der Waals surface area contributed by atoms with Crippen molar-refractivity contribution in [3.8, 4) is 0 Å². The van der Waals surface area contributed by atoms with Gasteiger partial charge in [0.05, 0.1) is 0 Å². The van der Waals surface area contributed by atoms with E-state index in [9.17, 15) is 4.79 Å². The minimum absolute atomic E-state index is 0.266. The van der Waals surface area contributed by atoms with E-state index in [4.69, 9.17) is 0 Å². The fraction of sp³-hybridized carbons (Fsp3) is 0.533. The van der Waals surface area contributed by atoms with Crippen molar-refractivity contribution in [2.75, 3.05) is 0 Å². The van der Waals surface area contributed by atoms with Crippen molar-refractivity contribution in [1.29, 1.82) is 0 Å². The smallest absolute Gasteiger partial charge is 0.136 e. The van der Waals surface area contributed by atoms with Crippen molar-refractivity contribution in [3.63, 3.8) is 0 Å². The molecule has 1 saturated carbocycles. The van der Waals surface area contributed by atoms with E-state index in [1.807, 2.05) is 6.07 Å². The maximum atomic E-state index is 11.9. The maximum absolute atomic E-state index is 11.9. The van der Waals surface area contributed by atoms with Gasteiger partial charge in [-0.1, -0.05) is 44.2 Å². The molecule has 0 aromatic heterocycles. The van der Waals surface area contributed by atoms with Crippen molar-refractivity contribution in [2.45, 2.75) is 39.0 Å². The Kier molecular flexibility index (Phi) is 3.42. The molecule has 0 radical (unpaired) electrons. The van der Waals surface area contributed by atoms with Gasteiger partial charge in [-0.2, -0.15) is 0 Å². The first kappa shape index (κ1) is 11.4. The SMILES string of the molecule is CC(C)[C@@H](c1ccccc1)C1CCCC1=O. The summed E-state index contributed by atoms with van der Waals surface area (Å²) in [5.74, 6) is 1.69. The Bertz CT molecular complexity index is 353. The zero-order chi connectivity index (χ0) is 11.5. The van der Waals surface area contributed by atoms with Gasteiger partial charge in [0.15, 0.2) is 0 Å². The van der Waals surface area contributed by atoms with Crippen molar-refractivity contribution in [2.24, 2.45) is 11.8 Å². The second-order valence-corrected chi connectivity index (χ2v) is 5.15. The summed E-state index contributed by atoms with van der Waals surface area (Å²) in [6.45, 7) is 4.45. The molecule has 1 nitrogen and oxygen atoms in total. The third-order valence-corrected chi connectivity index (χ3v) is 3.69. The first-order valence-electron chi connectivity index (χ1n) is 6.28. The molecule has 1 unspecified atom stereocenters. The Balaban J connectivity index is 2.27. The quantitative estimate of drug-likeness (QED) is 0.751. The summed E-state index contributed by atoms with van der Waals surface area (Å²) < 4.78 is 0. The van der Waals surface area contributed by atoms with E-state index in [0.717, 1.165) is 19.3 Å². The molecule has 2 rings (SSSR count). The topological polar surface area (TPSA) is 17.1 Å². The molecule has 0 amide bonds. The van der Waals surface area contributed by atoms with Crippen molar-refractivity contribution in [3.05, 3.63) is 35.9 Å². The van der Waals surface area contributed by atoms with Crippen LogP contribution in [-0.2, 0) is 4.79 Å². The van der Waals surface area contributed by atoms with Crippen LogP contribution in [0.15, 0.2) is 30.3 Å². The molecule has 1 aromatic rings. The molecule has 1 fully saturated rings. The van der Waals surface area contributed by atoms with Crippen LogP contribution in [0.2, 0.25) is 0 Å². The molecule has 0 aliphatic heterocycles. The first-order valence-corrected chi connectivity index (χ1v) is 6.28. The van der Waals surface area contributed by atoms with E-state index in [1.54, 1.807) is 0 Å². The third kappa shape index (κ3) is 2.18. The summed E-state index contributed by atoms with van der Waals surface area (Å²) >= 11 is 0. The van der Waals surface area contributed by atoms with E-state index in [2.05, 4.69) is 38.1 Å². The highest BCUT2D eigenvalue weighted by molar-refractivity contribution is 5.83. The Morgan fingerprint density at radius 1 is 1.19 bits per heavy atom. The number of rotatable bonds is 3. The highest BCUT2D eigenvalue weighted by atomic mass is 16.1. The van der Waals surface area contributed by atoms with Gasteiger partial charge in [-0.3, -0.25) is 4.79 Å². The standard InChI is InChI=1S/C15H20O/c1-11(2)15(12-7-4-3-5-8-12)13-9-6-10-14(13)16/h3-5,7-8,11,13,15H,6,9-10H2,1-2H3/t13?,15-/m0/s1. The average Bonchev–Trinajstić information content (AvgIpc) is 2.66. The summed E-state index contributed by atoms with van der Waals surface area (Å²) in [6.07, 6.45) is 2.96. The van der Waals surface area contributed by atoms with Crippen molar-refractivity contribution >= 4 is 5.78 Å². The van der Waals surface area contributed by atoms with Gasteiger partial charge in [0, 0.05) is 12.3 Å². The second-order valence-electron chi connectivity index (χ2n) is 5.15. The van der Waals surface area contributed by atoms with Gasteiger partial charge in [0.1, 0.15) is 5.78 Å². The van der Waals surface area contributed by atoms with Crippen LogP contribution in [0.4, 0.5) is 0 Å². The number of carbonyl (C=O) groups is 1. The Hall–Kier alpha value is -1.11. The highest BCUT2D eigenvalue weighted by Gasteiger charge is 2.34. The average molecular weight is 216 g/mol. The van der Waals surface area contributed by atoms with Crippen molar-refractivity contribution in [1.82, 2.24) is 0 Å². The molecule has 1 aromatic carbocycles. The van der Waals surface area contributed by atoms with Crippen LogP contribution >= 0.6 is 0 Å². The third-order valence-electron chi connectivity index (χ3n) is 3.69. The predicted octanol–water partition coefficient (Wildman–Crippen LogP) is 3.80. The fourth-order valence-electron chi connectivity index (χ4n) is 2.98. The van der Waals surface area contributed by atoms with Gasteiger partial charge in [-0.25, -0.2) is 0 Å². The van der Waals surface area contributed by atoms with Gasteiger partial charge in [-0.15, -0.1) is 0 Å². The van der Waals surface area contributed by atoms with Crippen LogP contribution in [0.25, 0.3) is 0 Å². The number of carbonyl (C=O) groups excluding carboxylic acids is 1. The van der Waals surface area contributed by atoms with Gasteiger partial charge in [0.2, 0.25) is 0 Å². The first-order chi connectivity index (χ1) is 7.70. The number of hydrogen-bond donors (Lipinski definition) is 0. The molecule has 1 heteroatoms. The summed E-state index contributed by atoms with van der Waals surface area (Å²) in [7, 11) is 0. The lowest BCUT2D eigenvalue weighted by Gasteiger charge is -2.26. The summed E-state index contributed by atoms with van der Waals surface area (Å²) in [5.41, 5.74) is 1.33. The number of hydrogen-bond acceptors (Lipinski definition) is 1. The lowest BCUT2D eigenvalue weighted by molar-refractivity contribution is -0.121. The van der Waals surface area contributed by atoms with Gasteiger partial charge in [-0.05, 0) is 30.2 Å². The molecule has 0 N–H and O–H groups in total. The minimum Gasteiger partial charge on any atom is -0.299 e. The summed E-state index contributed by atoms with van der Waals surface area (Å²) in [5, 5.41) is 0. The van der Waals surface area contributed by atoms with Gasteiger partial charge >= 0.3 is 0 Å². The lowest BCUT2D eigenvalue weighted by Crippen LogP contribution is -2.21. The van der Waals surface area contributed by atoms with Crippen LogP contribution in [0.1, 0.15) is 44.6 Å². The van der Waals surface area contributed by atoms with E-state index >= 15 is 0 Å². The van der Waals surface area contributed by atoms with E-state index in [0.29, 0.717) is 17.6 Å². The van der Waals surface area contributed by atoms with Crippen molar-refractivity contribution < 1.29 is 4.79 Å². The normalized spacial score (nSPS) is 22.7. The predicted molar refractivity (Wildman–Crippen MR) is 66.4 cm³/mol. The van der Waals surface area contributed by atoms with E-state index in [1.165, 1.54) is 5.56 Å². The molecule has 1 aliphatic rings. The molecule has 2 atom stereocenters. The molecule has 16 heavy (non-hydrogen) atoms. The molecular weight excluding hydrogens is 196 g/mol. The van der Waals surface area contributed by atoms with Crippen LogP contribution < -0.4 is 0 Å². The number of Topliss-reactive ketones (excluding diaryl/α,β-unsaturated/α-hetero) is 1. The Labute approximate surface area is 97.9 Å². The highest BCUT2D eigenvalue weighted by Crippen LogP contribution is 2.39. The maximum Gasteiger partial charge on any atom is 0.136 e. The van der Waals surface area contributed by atoms with E-state index in [-0.39, 0.29) is 5.92 Å². The molecular formula is C15H20O. The number of benzene rings is 1. The number of ketones is 1. The lowest BCUT2D eigenvalue weighted by atomic mass is 9.77. The van der Waals surface area contributed by atoms with Crippen LogP contribution in [0.3, 0.4) is 0 Å². The Morgan fingerprint density at radius 3 is 2.38 bits per heavy atom. The summed E-state index contributed by atoms with van der Waals surface area (Å²) in [6, 6.07) is 10.5.